The number of β-amino-alcohol motifs (C(OH)–C–C–N with tert-alkyl or cyclic N) is 1. The maximum absolute atomic E-state index is 10.1. The Hall–Kier alpha value is -1.67. The van der Waals surface area contributed by atoms with E-state index in [1.807, 2.05) is 48.5 Å². The summed E-state index contributed by atoms with van der Waals surface area (Å²) in [5.41, 5.74) is 1.96. The van der Waals surface area contributed by atoms with Gasteiger partial charge in [0.25, 0.3) is 0 Å². The Labute approximate surface area is 163 Å². The number of hydrogen-bond acceptors (Lipinski definition) is 6. The first-order valence-corrected chi connectivity index (χ1v) is 9.21. The molecule has 0 saturated carbocycles. The molecule has 0 bridgehead atoms. The van der Waals surface area contributed by atoms with Gasteiger partial charge in [0.1, 0.15) is 24.6 Å². The number of ether oxygens (including phenoxy) is 1. The SMILES string of the molecule is OC[C@H]1[C@H](O)[C@H](O)[C@@H](O)CN1Cc1ccc(OCc2ccc(Cl)cc2)cc1. The molecule has 7 heteroatoms. The largest absolute Gasteiger partial charge is 0.489 e. The van der Waals surface area contributed by atoms with Crippen LogP contribution in [0.4, 0.5) is 0 Å². The molecule has 6 nitrogen and oxygen atoms in total. The first kappa shape index (κ1) is 20.1. The van der Waals surface area contributed by atoms with E-state index in [4.69, 9.17) is 16.3 Å². The van der Waals surface area contributed by atoms with Gasteiger partial charge in [-0.3, -0.25) is 4.90 Å². The quantitative estimate of drug-likeness (QED) is 0.589. The molecule has 0 aromatic heterocycles. The maximum Gasteiger partial charge on any atom is 0.119 e. The fourth-order valence-electron chi connectivity index (χ4n) is 3.23. The first-order valence-electron chi connectivity index (χ1n) is 8.83. The lowest BCUT2D eigenvalue weighted by Gasteiger charge is -2.43. The molecule has 2 aromatic carbocycles. The van der Waals surface area contributed by atoms with Crippen LogP contribution in [0.5, 0.6) is 5.75 Å². The minimum absolute atomic E-state index is 0.179. The van der Waals surface area contributed by atoms with Gasteiger partial charge in [-0.2, -0.15) is 0 Å². The zero-order valence-corrected chi connectivity index (χ0v) is 15.5. The van der Waals surface area contributed by atoms with E-state index < -0.39 is 24.4 Å². The Morgan fingerprint density at radius 3 is 2.19 bits per heavy atom. The number of nitrogens with zero attached hydrogens (tertiary/aromatic N) is 1. The van der Waals surface area contributed by atoms with E-state index in [-0.39, 0.29) is 13.2 Å². The van der Waals surface area contributed by atoms with Gasteiger partial charge in [0.05, 0.1) is 18.8 Å². The van der Waals surface area contributed by atoms with Crippen molar-refractivity contribution < 1.29 is 25.2 Å². The highest BCUT2D eigenvalue weighted by Gasteiger charge is 2.40. The number of hydrogen-bond donors (Lipinski definition) is 4. The van der Waals surface area contributed by atoms with Crippen LogP contribution in [-0.2, 0) is 13.2 Å². The monoisotopic (exact) mass is 393 g/mol. The third-order valence-corrected chi connectivity index (χ3v) is 5.10. The standard InChI is InChI=1S/C20H24ClNO5/c21-15-5-1-14(2-6-15)12-27-16-7-3-13(4-8-16)9-22-10-18(24)20(26)19(25)17(22)11-23/h1-8,17-20,23-26H,9-12H2/t17-,18-,19-,20+/m0/s1. The Bertz CT molecular complexity index is 724. The second-order valence-electron chi connectivity index (χ2n) is 6.79. The van der Waals surface area contributed by atoms with Crippen molar-refractivity contribution in [3.05, 3.63) is 64.7 Å². The Kier molecular flexibility index (Phi) is 6.70. The average molecular weight is 394 g/mol. The van der Waals surface area contributed by atoms with Crippen molar-refractivity contribution in [1.29, 1.82) is 0 Å². The number of halogens is 1. The van der Waals surface area contributed by atoms with E-state index in [1.165, 1.54) is 0 Å². The normalized spacial score (nSPS) is 26.1. The van der Waals surface area contributed by atoms with Crippen LogP contribution in [0.25, 0.3) is 0 Å². The van der Waals surface area contributed by atoms with Gasteiger partial charge in [0.15, 0.2) is 0 Å². The minimum Gasteiger partial charge on any atom is -0.489 e. The summed E-state index contributed by atoms with van der Waals surface area (Å²) in [6, 6.07) is 14.3. The predicted octanol–water partition coefficient (Wildman–Crippen LogP) is 1.18. The fourth-order valence-corrected chi connectivity index (χ4v) is 3.36. The summed E-state index contributed by atoms with van der Waals surface area (Å²) in [4.78, 5) is 1.77. The van der Waals surface area contributed by atoms with Gasteiger partial charge in [0.2, 0.25) is 0 Å². The van der Waals surface area contributed by atoms with Gasteiger partial charge < -0.3 is 25.2 Å². The van der Waals surface area contributed by atoms with Crippen molar-refractivity contribution in [2.75, 3.05) is 13.2 Å². The highest BCUT2D eigenvalue weighted by molar-refractivity contribution is 6.30. The highest BCUT2D eigenvalue weighted by Crippen LogP contribution is 2.22. The Morgan fingerprint density at radius 1 is 0.926 bits per heavy atom. The van der Waals surface area contributed by atoms with Gasteiger partial charge in [-0.05, 0) is 35.4 Å². The number of likely N-dealkylation sites (tertiary alicyclic amines) is 1. The molecule has 1 fully saturated rings. The van der Waals surface area contributed by atoms with Gasteiger partial charge >= 0.3 is 0 Å². The van der Waals surface area contributed by atoms with Crippen LogP contribution in [0.15, 0.2) is 48.5 Å². The summed E-state index contributed by atoms with van der Waals surface area (Å²) >= 11 is 5.87. The molecule has 27 heavy (non-hydrogen) atoms. The molecule has 2 aromatic rings. The number of rotatable bonds is 6. The van der Waals surface area contributed by atoms with Crippen molar-refractivity contribution >= 4 is 11.6 Å². The molecular formula is C20H24ClNO5. The predicted molar refractivity (Wildman–Crippen MR) is 102 cm³/mol. The van der Waals surface area contributed by atoms with Crippen molar-refractivity contribution in [2.24, 2.45) is 0 Å². The van der Waals surface area contributed by atoms with E-state index in [1.54, 1.807) is 4.90 Å². The molecule has 0 spiro atoms. The zero-order chi connectivity index (χ0) is 19.4. The van der Waals surface area contributed by atoms with E-state index in [2.05, 4.69) is 0 Å². The van der Waals surface area contributed by atoms with Gasteiger partial charge in [-0.1, -0.05) is 35.9 Å². The van der Waals surface area contributed by atoms with Crippen molar-refractivity contribution in [3.8, 4) is 5.75 Å². The third-order valence-electron chi connectivity index (χ3n) is 4.84. The van der Waals surface area contributed by atoms with Gasteiger partial charge in [0, 0.05) is 18.1 Å². The lowest BCUT2D eigenvalue weighted by Crippen LogP contribution is -2.62. The second kappa shape index (κ2) is 9.01. The second-order valence-corrected chi connectivity index (χ2v) is 7.22. The number of benzene rings is 2. The van der Waals surface area contributed by atoms with Crippen LogP contribution in [0, 0.1) is 0 Å². The molecule has 4 N–H and O–H groups in total. The number of aliphatic hydroxyl groups excluding tert-OH is 4. The lowest BCUT2D eigenvalue weighted by molar-refractivity contribution is -0.147. The molecule has 1 heterocycles. The molecule has 1 aliphatic rings. The van der Waals surface area contributed by atoms with Crippen LogP contribution in [0.3, 0.4) is 0 Å². The maximum atomic E-state index is 10.1. The molecular weight excluding hydrogens is 370 g/mol. The van der Waals surface area contributed by atoms with Gasteiger partial charge in [-0.15, -0.1) is 0 Å². The van der Waals surface area contributed by atoms with Crippen LogP contribution in [0.2, 0.25) is 5.02 Å². The van der Waals surface area contributed by atoms with Crippen molar-refractivity contribution in [2.45, 2.75) is 37.5 Å². The van der Waals surface area contributed by atoms with E-state index >= 15 is 0 Å². The van der Waals surface area contributed by atoms with Crippen LogP contribution in [0.1, 0.15) is 11.1 Å². The molecule has 4 atom stereocenters. The van der Waals surface area contributed by atoms with E-state index in [0.29, 0.717) is 18.2 Å². The van der Waals surface area contributed by atoms with Crippen molar-refractivity contribution in [1.82, 2.24) is 4.90 Å². The molecule has 0 amide bonds. The summed E-state index contributed by atoms with van der Waals surface area (Å²) in [5.74, 6) is 0.724. The van der Waals surface area contributed by atoms with Gasteiger partial charge in [-0.25, -0.2) is 0 Å². The minimum atomic E-state index is -1.25. The summed E-state index contributed by atoms with van der Waals surface area (Å²) in [6.07, 6.45) is -3.49. The molecule has 0 radical (unpaired) electrons. The van der Waals surface area contributed by atoms with Crippen LogP contribution >= 0.6 is 11.6 Å². The first-order chi connectivity index (χ1) is 13.0. The molecule has 0 unspecified atom stereocenters. The molecule has 0 aliphatic carbocycles. The van der Waals surface area contributed by atoms with E-state index in [9.17, 15) is 20.4 Å². The molecule has 3 rings (SSSR count). The van der Waals surface area contributed by atoms with Crippen LogP contribution in [-0.4, -0.2) is 62.8 Å². The summed E-state index contributed by atoms with van der Waals surface area (Å²) in [6.45, 7) is 0.751. The summed E-state index contributed by atoms with van der Waals surface area (Å²) in [5, 5.41) is 39.9. The number of piperidine rings is 1. The van der Waals surface area contributed by atoms with Crippen LogP contribution < -0.4 is 4.74 Å². The van der Waals surface area contributed by atoms with E-state index in [0.717, 1.165) is 16.9 Å². The zero-order valence-electron chi connectivity index (χ0n) is 14.8. The molecule has 1 aliphatic heterocycles. The smallest absolute Gasteiger partial charge is 0.119 e. The molecule has 1 saturated heterocycles. The lowest BCUT2D eigenvalue weighted by atomic mass is 9.94. The van der Waals surface area contributed by atoms with Crippen molar-refractivity contribution in [3.63, 3.8) is 0 Å². The summed E-state index contributed by atoms with van der Waals surface area (Å²) < 4.78 is 5.76. The fraction of sp³-hybridized carbons (Fsp3) is 0.400. The summed E-state index contributed by atoms with van der Waals surface area (Å²) in [7, 11) is 0. The number of aliphatic hydroxyl groups is 4. The third kappa shape index (κ3) is 4.99. The topological polar surface area (TPSA) is 93.4 Å². The highest BCUT2D eigenvalue weighted by atomic mass is 35.5. The Balaban J connectivity index is 1.59. The Morgan fingerprint density at radius 2 is 1.56 bits per heavy atom. The molecule has 146 valence electrons. The average Bonchev–Trinajstić information content (AvgIpc) is 2.67.